The van der Waals surface area contributed by atoms with Gasteiger partial charge < -0.3 is 5.73 Å². The molecule has 0 radical (unpaired) electrons. The lowest BCUT2D eigenvalue weighted by Gasteiger charge is -2.07. The van der Waals surface area contributed by atoms with Crippen LogP contribution in [0, 0.1) is 0 Å². The van der Waals surface area contributed by atoms with Crippen LogP contribution in [-0.4, -0.2) is 6.04 Å². The van der Waals surface area contributed by atoms with Gasteiger partial charge in [-0.3, -0.25) is 0 Å². The molecular weight excluding hydrogens is 178 g/mol. The number of nitrogens with two attached hydrogens (primary N) is 1. The highest BCUT2D eigenvalue weighted by Gasteiger charge is 2.04. The number of thiophene rings is 1. The summed E-state index contributed by atoms with van der Waals surface area (Å²) in [5.74, 6) is 0. The van der Waals surface area contributed by atoms with E-state index in [1.165, 1.54) is 16.2 Å². The molecular formula is C11H19NS. The molecule has 0 aliphatic carbocycles. The van der Waals surface area contributed by atoms with Crippen molar-refractivity contribution in [3.8, 4) is 0 Å². The van der Waals surface area contributed by atoms with Crippen LogP contribution in [-0.2, 0) is 12.8 Å². The summed E-state index contributed by atoms with van der Waals surface area (Å²) in [5.41, 5.74) is 5.97. The lowest BCUT2D eigenvalue weighted by Crippen LogP contribution is -2.21. The maximum atomic E-state index is 5.97. The van der Waals surface area contributed by atoms with Gasteiger partial charge >= 0.3 is 0 Å². The average molecular weight is 197 g/mol. The van der Waals surface area contributed by atoms with E-state index in [1.54, 1.807) is 0 Å². The second kappa shape index (κ2) is 5.40. The number of hydrogen-bond acceptors (Lipinski definition) is 2. The Bertz CT molecular complexity index is 242. The van der Waals surface area contributed by atoms with E-state index in [4.69, 9.17) is 5.73 Å². The van der Waals surface area contributed by atoms with Crippen LogP contribution in [0.1, 0.15) is 36.4 Å². The molecule has 2 heteroatoms. The van der Waals surface area contributed by atoms with Gasteiger partial charge in [-0.25, -0.2) is 0 Å². The Balaban J connectivity index is 2.44. The minimum atomic E-state index is 0.355. The summed E-state index contributed by atoms with van der Waals surface area (Å²) in [6.45, 7) is 4.38. The van der Waals surface area contributed by atoms with E-state index in [9.17, 15) is 0 Å². The molecule has 1 heterocycles. The molecule has 0 bridgehead atoms. The highest BCUT2D eigenvalue weighted by molar-refractivity contribution is 7.11. The standard InChI is InChI=1S/C11H19NS/c1-3-5-9(12)8-11-7-6-10(4-2)13-11/h6-7,9H,3-5,8,12H2,1-2H3. The van der Waals surface area contributed by atoms with Gasteiger partial charge in [0.25, 0.3) is 0 Å². The fourth-order valence-electron chi connectivity index (χ4n) is 1.45. The fraction of sp³-hybridized carbons (Fsp3) is 0.636. The molecule has 2 N–H and O–H groups in total. The van der Waals surface area contributed by atoms with Crippen molar-refractivity contribution < 1.29 is 0 Å². The van der Waals surface area contributed by atoms with E-state index in [2.05, 4.69) is 26.0 Å². The van der Waals surface area contributed by atoms with Crippen molar-refractivity contribution in [1.29, 1.82) is 0 Å². The maximum Gasteiger partial charge on any atom is 0.00870 e. The molecule has 0 aliphatic heterocycles. The first kappa shape index (κ1) is 10.7. The molecule has 0 saturated heterocycles. The molecule has 1 unspecified atom stereocenters. The zero-order valence-corrected chi connectivity index (χ0v) is 9.36. The van der Waals surface area contributed by atoms with Crippen LogP contribution in [0.25, 0.3) is 0 Å². The van der Waals surface area contributed by atoms with Crippen LogP contribution in [0.2, 0.25) is 0 Å². The van der Waals surface area contributed by atoms with E-state index >= 15 is 0 Å². The lowest BCUT2D eigenvalue weighted by molar-refractivity contribution is 0.604. The van der Waals surface area contributed by atoms with Gasteiger partial charge in [0.2, 0.25) is 0 Å². The zero-order valence-electron chi connectivity index (χ0n) is 8.55. The van der Waals surface area contributed by atoms with Crippen LogP contribution >= 0.6 is 11.3 Å². The third-order valence-corrected chi connectivity index (χ3v) is 3.44. The minimum Gasteiger partial charge on any atom is -0.327 e. The summed E-state index contributed by atoms with van der Waals surface area (Å²) in [5, 5.41) is 0. The van der Waals surface area contributed by atoms with Gasteiger partial charge in [-0.15, -0.1) is 11.3 Å². The summed E-state index contributed by atoms with van der Waals surface area (Å²) >= 11 is 1.91. The molecule has 1 atom stereocenters. The molecule has 0 amide bonds. The summed E-state index contributed by atoms with van der Waals surface area (Å²) in [4.78, 5) is 2.91. The van der Waals surface area contributed by atoms with Crippen LogP contribution < -0.4 is 5.73 Å². The average Bonchev–Trinajstić information content (AvgIpc) is 2.52. The molecule has 0 spiro atoms. The zero-order chi connectivity index (χ0) is 9.68. The van der Waals surface area contributed by atoms with Gasteiger partial charge in [0, 0.05) is 15.8 Å². The Hall–Kier alpha value is -0.340. The van der Waals surface area contributed by atoms with E-state index in [0.29, 0.717) is 6.04 Å². The molecule has 0 aliphatic rings. The highest BCUT2D eigenvalue weighted by Crippen LogP contribution is 2.18. The van der Waals surface area contributed by atoms with Crippen molar-refractivity contribution in [3.05, 3.63) is 21.9 Å². The highest BCUT2D eigenvalue weighted by atomic mass is 32.1. The predicted octanol–water partition coefficient (Wildman–Crippen LogP) is 2.98. The third-order valence-electron chi connectivity index (χ3n) is 2.19. The van der Waals surface area contributed by atoms with Crippen molar-refractivity contribution in [2.45, 2.75) is 45.6 Å². The smallest absolute Gasteiger partial charge is 0.00870 e. The van der Waals surface area contributed by atoms with Gasteiger partial charge in [-0.2, -0.15) is 0 Å². The molecule has 1 rings (SSSR count). The molecule has 1 nitrogen and oxygen atoms in total. The normalized spacial score (nSPS) is 13.2. The van der Waals surface area contributed by atoms with Crippen molar-refractivity contribution in [2.75, 3.05) is 0 Å². The van der Waals surface area contributed by atoms with Crippen molar-refractivity contribution >= 4 is 11.3 Å². The van der Waals surface area contributed by atoms with E-state index < -0.39 is 0 Å². The number of hydrogen-bond donors (Lipinski definition) is 1. The largest absolute Gasteiger partial charge is 0.327 e. The number of rotatable bonds is 5. The van der Waals surface area contributed by atoms with Crippen LogP contribution in [0.15, 0.2) is 12.1 Å². The monoisotopic (exact) mass is 197 g/mol. The molecule has 0 saturated carbocycles. The van der Waals surface area contributed by atoms with Gasteiger partial charge in [-0.05, 0) is 31.4 Å². The second-order valence-corrected chi connectivity index (χ2v) is 4.73. The van der Waals surface area contributed by atoms with Gasteiger partial charge in [0.1, 0.15) is 0 Å². The van der Waals surface area contributed by atoms with Gasteiger partial charge in [-0.1, -0.05) is 20.3 Å². The molecule has 0 fully saturated rings. The van der Waals surface area contributed by atoms with Gasteiger partial charge in [0.15, 0.2) is 0 Å². The first-order valence-electron chi connectivity index (χ1n) is 5.09. The van der Waals surface area contributed by atoms with E-state index in [0.717, 1.165) is 19.3 Å². The Labute approximate surface area is 85.0 Å². The fourth-order valence-corrected chi connectivity index (χ4v) is 2.50. The molecule has 1 aromatic rings. The van der Waals surface area contributed by atoms with E-state index in [1.807, 2.05) is 11.3 Å². The molecule has 13 heavy (non-hydrogen) atoms. The Morgan fingerprint density at radius 2 is 2.00 bits per heavy atom. The molecule has 0 aromatic carbocycles. The Morgan fingerprint density at radius 1 is 1.31 bits per heavy atom. The molecule has 74 valence electrons. The van der Waals surface area contributed by atoms with E-state index in [-0.39, 0.29) is 0 Å². The van der Waals surface area contributed by atoms with Crippen LogP contribution in [0.3, 0.4) is 0 Å². The summed E-state index contributed by atoms with van der Waals surface area (Å²) in [7, 11) is 0. The summed E-state index contributed by atoms with van der Waals surface area (Å²) in [6, 6.07) is 4.80. The second-order valence-electron chi connectivity index (χ2n) is 3.47. The Morgan fingerprint density at radius 3 is 2.54 bits per heavy atom. The third kappa shape index (κ3) is 3.49. The summed E-state index contributed by atoms with van der Waals surface area (Å²) in [6.07, 6.45) is 4.53. The Kier molecular flexibility index (Phi) is 4.46. The molecule has 1 aromatic heterocycles. The lowest BCUT2D eigenvalue weighted by atomic mass is 10.1. The summed E-state index contributed by atoms with van der Waals surface area (Å²) < 4.78 is 0. The number of aryl methyl sites for hydroxylation is 1. The van der Waals surface area contributed by atoms with Crippen molar-refractivity contribution in [2.24, 2.45) is 5.73 Å². The van der Waals surface area contributed by atoms with Gasteiger partial charge in [0.05, 0.1) is 0 Å². The topological polar surface area (TPSA) is 26.0 Å². The first-order valence-corrected chi connectivity index (χ1v) is 5.91. The first-order chi connectivity index (χ1) is 6.26. The van der Waals surface area contributed by atoms with Crippen LogP contribution in [0.5, 0.6) is 0 Å². The SMILES string of the molecule is CCCC(N)Cc1ccc(CC)s1. The quantitative estimate of drug-likeness (QED) is 0.771. The van der Waals surface area contributed by atoms with Crippen molar-refractivity contribution in [3.63, 3.8) is 0 Å². The maximum absolute atomic E-state index is 5.97. The van der Waals surface area contributed by atoms with Crippen molar-refractivity contribution in [1.82, 2.24) is 0 Å². The predicted molar refractivity (Wildman–Crippen MR) is 60.3 cm³/mol. The minimum absolute atomic E-state index is 0.355. The van der Waals surface area contributed by atoms with Crippen LogP contribution in [0.4, 0.5) is 0 Å².